The minimum atomic E-state index is -0.924. The summed E-state index contributed by atoms with van der Waals surface area (Å²) < 4.78 is 5.58. The number of hydrogen-bond acceptors (Lipinski definition) is 2. The van der Waals surface area contributed by atoms with Crippen LogP contribution in [0.3, 0.4) is 0 Å². The van der Waals surface area contributed by atoms with Crippen molar-refractivity contribution in [3.05, 3.63) is 70.3 Å². The van der Waals surface area contributed by atoms with Gasteiger partial charge in [0.05, 0.1) is 5.57 Å². The summed E-state index contributed by atoms with van der Waals surface area (Å²) in [6.45, 7) is 2.16. The van der Waals surface area contributed by atoms with E-state index in [-0.39, 0.29) is 12.2 Å². The van der Waals surface area contributed by atoms with E-state index in [0.29, 0.717) is 0 Å². The average molecular weight is 280 g/mol. The molecule has 0 amide bonds. The topological polar surface area (TPSA) is 46.5 Å². The van der Waals surface area contributed by atoms with E-state index in [4.69, 9.17) is 9.84 Å². The molecule has 0 saturated carbocycles. The molecule has 3 nitrogen and oxygen atoms in total. The summed E-state index contributed by atoms with van der Waals surface area (Å²) in [6.07, 6.45) is 2.54. The predicted octanol–water partition coefficient (Wildman–Crippen LogP) is 3.45. The van der Waals surface area contributed by atoms with Crippen LogP contribution in [0, 0.1) is 6.92 Å². The van der Waals surface area contributed by atoms with Crippen LogP contribution in [0.2, 0.25) is 0 Å². The van der Waals surface area contributed by atoms with E-state index in [1.165, 1.54) is 11.1 Å². The molecule has 3 rings (SSSR count). The fraction of sp³-hybridized carbons (Fsp3) is 0.167. The first-order valence-corrected chi connectivity index (χ1v) is 6.87. The highest BCUT2D eigenvalue weighted by atomic mass is 16.5. The maximum absolute atomic E-state index is 11.0. The first kappa shape index (κ1) is 13.4. The van der Waals surface area contributed by atoms with Gasteiger partial charge in [0.1, 0.15) is 12.4 Å². The van der Waals surface area contributed by atoms with Crippen molar-refractivity contribution in [3.63, 3.8) is 0 Å². The fourth-order valence-corrected chi connectivity index (χ4v) is 2.50. The lowest BCUT2D eigenvalue weighted by atomic mass is 9.96. The number of carbonyl (C=O) groups is 1. The summed E-state index contributed by atoms with van der Waals surface area (Å²) in [6, 6.07) is 14.3. The SMILES string of the molecule is Cc1cc2c(cc1Cc1ccccc1)OCC(C(=O)O)=C2. The van der Waals surface area contributed by atoms with Gasteiger partial charge >= 0.3 is 5.97 Å². The van der Waals surface area contributed by atoms with Crippen molar-refractivity contribution in [1.29, 1.82) is 0 Å². The van der Waals surface area contributed by atoms with Crippen LogP contribution in [0.4, 0.5) is 0 Å². The first-order valence-electron chi connectivity index (χ1n) is 6.87. The second-order valence-corrected chi connectivity index (χ2v) is 5.24. The predicted molar refractivity (Wildman–Crippen MR) is 81.5 cm³/mol. The Kier molecular flexibility index (Phi) is 3.48. The summed E-state index contributed by atoms with van der Waals surface area (Å²) >= 11 is 0. The van der Waals surface area contributed by atoms with Crippen LogP contribution >= 0.6 is 0 Å². The maximum atomic E-state index is 11.0. The van der Waals surface area contributed by atoms with Crippen LogP contribution in [0.15, 0.2) is 48.0 Å². The van der Waals surface area contributed by atoms with E-state index in [0.717, 1.165) is 23.3 Å². The molecular formula is C18H16O3. The van der Waals surface area contributed by atoms with Gasteiger partial charge in [0.15, 0.2) is 0 Å². The molecule has 0 aromatic heterocycles. The standard InChI is InChI=1S/C18H16O3/c1-12-7-15-9-16(18(19)20)11-21-17(15)10-14(12)8-13-5-3-2-4-6-13/h2-7,9-10H,8,11H2,1H3,(H,19,20). The Morgan fingerprint density at radius 3 is 2.71 bits per heavy atom. The molecule has 2 aromatic rings. The Labute approximate surface area is 123 Å². The highest BCUT2D eigenvalue weighted by Gasteiger charge is 2.17. The second kappa shape index (κ2) is 5.44. The number of hydrogen-bond donors (Lipinski definition) is 1. The molecule has 0 fully saturated rings. The third kappa shape index (κ3) is 2.82. The average Bonchev–Trinajstić information content (AvgIpc) is 2.48. The smallest absolute Gasteiger partial charge is 0.335 e. The van der Waals surface area contributed by atoms with E-state index in [9.17, 15) is 4.79 Å². The molecule has 0 atom stereocenters. The van der Waals surface area contributed by atoms with Crippen molar-refractivity contribution in [2.45, 2.75) is 13.3 Å². The molecule has 21 heavy (non-hydrogen) atoms. The van der Waals surface area contributed by atoms with Gasteiger partial charge in [0.2, 0.25) is 0 Å². The Hall–Kier alpha value is -2.55. The molecule has 0 spiro atoms. The van der Waals surface area contributed by atoms with Crippen molar-refractivity contribution in [2.75, 3.05) is 6.61 Å². The lowest BCUT2D eigenvalue weighted by molar-refractivity contribution is -0.132. The number of benzene rings is 2. The highest BCUT2D eigenvalue weighted by Crippen LogP contribution is 2.30. The lowest BCUT2D eigenvalue weighted by Crippen LogP contribution is -2.14. The Balaban J connectivity index is 1.94. The van der Waals surface area contributed by atoms with Gasteiger partial charge in [0, 0.05) is 5.56 Å². The third-order valence-electron chi connectivity index (χ3n) is 3.69. The summed E-state index contributed by atoms with van der Waals surface area (Å²) in [4.78, 5) is 11.0. The molecule has 0 aliphatic carbocycles. The molecule has 0 unspecified atom stereocenters. The zero-order chi connectivity index (χ0) is 14.8. The number of carboxylic acids is 1. The summed E-state index contributed by atoms with van der Waals surface area (Å²) in [5.74, 6) is -0.164. The Bertz CT molecular complexity index is 715. The molecule has 2 aromatic carbocycles. The normalized spacial score (nSPS) is 13.1. The number of carboxylic acid groups (broad SMARTS) is 1. The van der Waals surface area contributed by atoms with Crippen LogP contribution in [-0.2, 0) is 11.2 Å². The minimum Gasteiger partial charge on any atom is -0.488 e. The Morgan fingerprint density at radius 1 is 1.24 bits per heavy atom. The van der Waals surface area contributed by atoms with Crippen LogP contribution in [0.5, 0.6) is 5.75 Å². The molecule has 0 saturated heterocycles. The number of aryl methyl sites for hydroxylation is 1. The monoisotopic (exact) mass is 280 g/mol. The summed E-state index contributed by atoms with van der Waals surface area (Å²) in [5.41, 5.74) is 4.72. The van der Waals surface area contributed by atoms with Crippen LogP contribution in [0.25, 0.3) is 6.08 Å². The van der Waals surface area contributed by atoms with Crippen molar-refractivity contribution >= 4 is 12.0 Å². The second-order valence-electron chi connectivity index (χ2n) is 5.24. The van der Waals surface area contributed by atoms with Gasteiger partial charge in [-0.05, 0) is 48.2 Å². The van der Waals surface area contributed by atoms with Gasteiger partial charge in [0.25, 0.3) is 0 Å². The van der Waals surface area contributed by atoms with E-state index < -0.39 is 5.97 Å². The van der Waals surface area contributed by atoms with Crippen molar-refractivity contribution in [1.82, 2.24) is 0 Å². The molecule has 0 bridgehead atoms. The lowest BCUT2D eigenvalue weighted by Gasteiger charge is -2.18. The van der Waals surface area contributed by atoms with Gasteiger partial charge in [-0.25, -0.2) is 4.79 Å². The van der Waals surface area contributed by atoms with E-state index in [1.54, 1.807) is 6.08 Å². The summed E-state index contributed by atoms with van der Waals surface area (Å²) in [5, 5.41) is 9.03. The van der Waals surface area contributed by atoms with Crippen molar-refractivity contribution < 1.29 is 14.6 Å². The highest BCUT2D eigenvalue weighted by molar-refractivity contribution is 5.93. The summed E-state index contributed by atoms with van der Waals surface area (Å²) in [7, 11) is 0. The van der Waals surface area contributed by atoms with Gasteiger partial charge in [-0.3, -0.25) is 0 Å². The Morgan fingerprint density at radius 2 is 2.00 bits per heavy atom. The first-order chi connectivity index (χ1) is 10.1. The zero-order valence-corrected chi connectivity index (χ0v) is 11.8. The number of rotatable bonds is 3. The molecule has 1 aliphatic heterocycles. The third-order valence-corrected chi connectivity index (χ3v) is 3.69. The number of fused-ring (bicyclic) bond motifs is 1. The van der Waals surface area contributed by atoms with E-state index >= 15 is 0 Å². The molecule has 3 heteroatoms. The zero-order valence-electron chi connectivity index (χ0n) is 11.8. The van der Waals surface area contributed by atoms with Crippen molar-refractivity contribution in [3.8, 4) is 5.75 Å². The molecule has 1 N–H and O–H groups in total. The van der Waals surface area contributed by atoms with Gasteiger partial charge in [-0.15, -0.1) is 0 Å². The molecule has 106 valence electrons. The van der Waals surface area contributed by atoms with E-state index in [2.05, 4.69) is 12.1 Å². The molecule has 1 aliphatic rings. The molecule has 1 heterocycles. The van der Waals surface area contributed by atoms with Crippen LogP contribution in [-0.4, -0.2) is 17.7 Å². The van der Waals surface area contributed by atoms with Gasteiger partial charge < -0.3 is 9.84 Å². The fourth-order valence-electron chi connectivity index (χ4n) is 2.50. The molecular weight excluding hydrogens is 264 g/mol. The van der Waals surface area contributed by atoms with E-state index in [1.807, 2.05) is 37.3 Å². The maximum Gasteiger partial charge on any atom is 0.335 e. The molecule has 0 radical (unpaired) electrons. The minimum absolute atomic E-state index is 0.121. The van der Waals surface area contributed by atoms with Crippen LogP contribution in [0.1, 0.15) is 22.3 Å². The quantitative estimate of drug-likeness (QED) is 0.936. The number of aliphatic carboxylic acids is 1. The van der Waals surface area contributed by atoms with Crippen molar-refractivity contribution in [2.24, 2.45) is 0 Å². The van der Waals surface area contributed by atoms with Gasteiger partial charge in [-0.2, -0.15) is 0 Å². The van der Waals surface area contributed by atoms with Crippen LogP contribution < -0.4 is 4.74 Å². The van der Waals surface area contributed by atoms with Gasteiger partial charge in [-0.1, -0.05) is 30.3 Å². The number of ether oxygens (including phenoxy) is 1. The largest absolute Gasteiger partial charge is 0.488 e.